The summed E-state index contributed by atoms with van der Waals surface area (Å²) in [6, 6.07) is 8.04. The smallest absolute Gasteiger partial charge is 0.183 e. The second kappa shape index (κ2) is 5.14. The topological polar surface area (TPSA) is 24.9 Å². The molecule has 2 aromatic rings. The number of thiazole rings is 1. The molecule has 0 fully saturated rings. The molecule has 0 radical (unpaired) electrons. The monoisotopic (exact) mass is 250 g/mol. The Morgan fingerprint density at radius 2 is 2.25 bits per heavy atom. The number of nitrogens with zero attached hydrogens (tertiary/aromatic N) is 1. The fourth-order valence-corrected chi connectivity index (χ4v) is 2.30. The molecule has 4 heteroatoms. The van der Waals surface area contributed by atoms with Crippen molar-refractivity contribution in [2.45, 2.75) is 6.54 Å². The van der Waals surface area contributed by atoms with Crippen molar-refractivity contribution in [2.24, 2.45) is 0 Å². The third kappa shape index (κ3) is 2.62. The van der Waals surface area contributed by atoms with Crippen LogP contribution in [0, 0.1) is 0 Å². The van der Waals surface area contributed by atoms with Crippen LogP contribution in [0.1, 0.15) is 10.4 Å². The molecule has 0 aliphatic carbocycles. The van der Waals surface area contributed by atoms with Gasteiger partial charge in [0.2, 0.25) is 0 Å². The van der Waals surface area contributed by atoms with E-state index in [0.29, 0.717) is 4.47 Å². The van der Waals surface area contributed by atoms with E-state index < -0.39 is 0 Å². The lowest BCUT2D eigenvalue weighted by Crippen LogP contribution is -1.98. The fraction of sp³-hybridized carbons (Fsp3) is 0.0833. The quantitative estimate of drug-likeness (QED) is 0.886. The van der Waals surface area contributed by atoms with Gasteiger partial charge >= 0.3 is 0 Å². The normalized spacial score (nSPS) is 10.1. The average Bonchev–Trinajstić information content (AvgIpc) is 2.73. The second-order valence-electron chi connectivity index (χ2n) is 3.22. The molecule has 0 spiro atoms. The molecule has 1 heterocycles. The Kier molecular flexibility index (Phi) is 3.59. The van der Waals surface area contributed by atoms with E-state index in [4.69, 9.17) is 11.6 Å². The average molecular weight is 251 g/mol. The second-order valence-corrected chi connectivity index (χ2v) is 4.92. The number of benzene rings is 1. The highest BCUT2D eigenvalue weighted by atomic mass is 35.5. The zero-order valence-electron chi connectivity index (χ0n) is 8.61. The maximum atomic E-state index is 5.76. The summed E-state index contributed by atoms with van der Waals surface area (Å²) < 4.78 is 0.578. The highest BCUT2D eigenvalue weighted by Gasteiger charge is 2.01. The van der Waals surface area contributed by atoms with Crippen molar-refractivity contribution in [1.29, 1.82) is 0 Å². The zero-order chi connectivity index (χ0) is 11.4. The van der Waals surface area contributed by atoms with Crippen molar-refractivity contribution in [2.75, 3.05) is 5.32 Å². The summed E-state index contributed by atoms with van der Waals surface area (Å²) in [6.45, 7) is 4.51. The Morgan fingerprint density at radius 3 is 2.94 bits per heavy atom. The lowest BCUT2D eigenvalue weighted by Gasteiger charge is -2.07. The number of anilines is 1. The maximum Gasteiger partial charge on any atom is 0.183 e. The summed E-state index contributed by atoms with van der Waals surface area (Å²) in [5.74, 6) is 0. The van der Waals surface area contributed by atoms with E-state index >= 15 is 0 Å². The fourth-order valence-electron chi connectivity index (χ4n) is 1.38. The minimum atomic E-state index is 0.578. The third-order valence-electron chi connectivity index (χ3n) is 2.16. The molecule has 0 saturated carbocycles. The van der Waals surface area contributed by atoms with Gasteiger partial charge in [-0.15, -0.1) is 11.3 Å². The van der Waals surface area contributed by atoms with Crippen LogP contribution in [0.5, 0.6) is 0 Å². The van der Waals surface area contributed by atoms with Crippen molar-refractivity contribution in [3.63, 3.8) is 0 Å². The molecule has 1 N–H and O–H groups in total. The molecule has 1 aromatic heterocycles. The van der Waals surface area contributed by atoms with Crippen molar-refractivity contribution in [3.05, 3.63) is 51.9 Å². The van der Waals surface area contributed by atoms with Crippen molar-refractivity contribution < 1.29 is 0 Å². The lowest BCUT2D eigenvalue weighted by molar-refractivity contribution is 1.17. The standard InChI is InChI=1S/C12H11ClN2S/c1-2-9-5-3-4-6-11(9)14-7-10-8-15-12(13)16-10/h2-6,8,14H,1,7H2. The van der Waals surface area contributed by atoms with E-state index in [9.17, 15) is 0 Å². The lowest BCUT2D eigenvalue weighted by atomic mass is 10.2. The van der Waals surface area contributed by atoms with Crippen LogP contribution in [0.3, 0.4) is 0 Å². The SMILES string of the molecule is C=Cc1ccccc1NCc1cnc(Cl)s1. The molecule has 0 amide bonds. The van der Waals surface area contributed by atoms with E-state index in [-0.39, 0.29) is 0 Å². The predicted molar refractivity (Wildman–Crippen MR) is 71.0 cm³/mol. The summed E-state index contributed by atoms with van der Waals surface area (Å²) >= 11 is 7.25. The van der Waals surface area contributed by atoms with Crippen molar-refractivity contribution in [3.8, 4) is 0 Å². The number of nitrogens with one attached hydrogen (secondary N) is 1. The van der Waals surface area contributed by atoms with Gasteiger partial charge in [0.25, 0.3) is 0 Å². The van der Waals surface area contributed by atoms with Crippen LogP contribution in [-0.2, 0) is 6.54 Å². The van der Waals surface area contributed by atoms with Gasteiger partial charge in [0.1, 0.15) is 0 Å². The molecule has 0 aliphatic rings. The number of halogens is 1. The maximum absolute atomic E-state index is 5.76. The van der Waals surface area contributed by atoms with Crippen LogP contribution in [0.15, 0.2) is 37.0 Å². The molecule has 82 valence electrons. The Balaban J connectivity index is 2.07. The summed E-state index contributed by atoms with van der Waals surface area (Å²) in [5, 5.41) is 3.33. The molecule has 2 rings (SSSR count). The first-order valence-electron chi connectivity index (χ1n) is 4.85. The number of aromatic nitrogens is 1. The first-order chi connectivity index (χ1) is 7.79. The first kappa shape index (κ1) is 11.2. The van der Waals surface area contributed by atoms with Gasteiger partial charge in [-0.1, -0.05) is 42.5 Å². The molecule has 0 atom stereocenters. The predicted octanol–water partition coefficient (Wildman–Crippen LogP) is 4.05. The molecule has 0 unspecified atom stereocenters. The van der Waals surface area contributed by atoms with Crippen LogP contribution in [0.2, 0.25) is 4.47 Å². The molecule has 2 nitrogen and oxygen atoms in total. The highest BCUT2D eigenvalue weighted by Crippen LogP contribution is 2.21. The van der Waals surface area contributed by atoms with Gasteiger partial charge in [0.05, 0.1) is 6.54 Å². The minimum Gasteiger partial charge on any atom is -0.380 e. The number of para-hydroxylation sites is 1. The Bertz CT molecular complexity index is 493. The summed E-state index contributed by atoms with van der Waals surface area (Å²) in [4.78, 5) is 5.11. The molecular formula is C12H11ClN2S. The van der Waals surface area contributed by atoms with E-state index in [0.717, 1.165) is 22.7 Å². The van der Waals surface area contributed by atoms with Gasteiger partial charge in [-0.2, -0.15) is 0 Å². The van der Waals surface area contributed by atoms with Crippen molar-refractivity contribution in [1.82, 2.24) is 4.98 Å². The molecule has 0 aliphatic heterocycles. The molecule has 16 heavy (non-hydrogen) atoms. The van der Waals surface area contributed by atoms with Crippen LogP contribution >= 0.6 is 22.9 Å². The van der Waals surface area contributed by atoms with Gasteiger partial charge in [-0.3, -0.25) is 0 Å². The van der Waals surface area contributed by atoms with Crippen LogP contribution < -0.4 is 5.32 Å². The van der Waals surface area contributed by atoms with Gasteiger partial charge in [0.15, 0.2) is 4.47 Å². The number of hydrogen-bond donors (Lipinski definition) is 1. The molecular weight excluding hydrogens is 240 g/mol. The van der Waals surface area contributed by atoms with E-state index in [2.05, 4.69) is 16.9 Å². The molecule has 1 aromatic carbocycles. The highest BCUT2D eigenvalue weighted by molar-refractivity contribution is 7.15. The van der Waals surface area contributed by atoms with Crippen LogP contribution in [0.4, 0.5) is 5.69 Å². The number of hydrogen-bond acceptors (Lipinski definition) is 3. The van der Waals surface area contributed by atoms with Gasteiger partial charge in [0, 0.05) is 16.8 Å². The Labute approximate surface area is 104 Å². The van der Waals surface area contributed by atoms with Gasteiger partial charge < -0.3 is 5.32 Å². The first-order valence-corrected chi connectivity index (χ1v) is 6.04. The van der Waals surface area contributed by atoms with E-state index in [1.807, 2.05) is 30.3 Å². The van der Waals surface area contributed by atoms with Crippen LogP contribution in [0.25, 0.3) is 6.08 Å². The van der Waals surface area contributed by atoms with E-state index in [1.54, 1.807) is 6.20 Å². The van der Waals surface area contributed by atoms with Crippen molar-refractivity contribution >= 4 is 34.7 Å². The Hall–Kier alpha value is -1.32. The van der Waals surface area contributed by atoms with Gasteiger partial charge in [-0.25, -0.2) is 4.98 Å². The summed E-state index contributed by atoms with van der Waals surface area (Å²) in [7, 11) is 0. The summed E-state index contributed by atoms with van der Waals surface area (Å²) in [6.07, 6.45) is 3.62. The largest absolute Gasteiger partial charge is 0.380 e. The minimum absolute atomic E-state index is 0.578. The van der Waals surface area contributed by atoms with E-state index in [1.165, 1.54) is 11.3 Å². The van der Waals surface area contributed by atoms with Crippen LogP contribution in [-0.4, -0.2) is 4.98 Å². The molecule has 0 bridgehead atoms. The van der Waals surface area contributed by atoms with Gasteiger partial charge in [-0.05, 0) is 11.6 Å². The zero-order valence-corrected chi connectivity index (χ0v) is 10.2. The third-order valence-corrected chi connectivity index (χ3v) is 3.27. The molecule has 0 saturated heterocycles. The Morgan fingerprint density at radius 1 is 1.44 bits per heavy atom. The number of rotatable bonds is 4. The summed E-state index contributed by atoms with van der Waals surface area (Å²) in [5.41, 5.74) is 2.17.